The van der Waals surface area contributed by atoms with Crippen molar-refractivity contribution in [2.75, 3.05) is 17.7 Å². The van der Waals surface area contributed by atoms with Gasteiger partial charge in [-0.3, -0.25) is 10.1 Å². The molecule has 0 fully saturated rings. The number of hydrogen-bond donors (Lipinski definition) is 3. The maximum absolute atomic E-state index is 12.0. The Morgan fingerprint density at radius 3 is 2.62 bits per heavy atom. The quantitative estimate of drug-likeness (QED) is 0.409. The molecule has 0 aliphatic carbocycles. The number of amides is 3. The highest BCUT2D eigenvalue weighted by Gasteiger charge is 2.11. The Bertz CT molecular complexity index is 1010. The van der Waals surface area contributed by atoms with Crippen LogP contribution in [0.4, 0.5) is 15.6 Å². The molecule has 1 heterocycles. The molecule has 3 aromatic rings. The van der Waals surface area contributed by atoms with Gasteiger partial charge in [0.2, 0.25) is 11.0 Å². The fourth-order valence-corrected chi connectivity index (χ4v) is 3.01. The van der Waals surface area contributed by atoms with E-state index < -0.39 is 6.03 Å². The SMILES string of the molecule is COc1ccccc1/C=N\NC(=O)Cc1nnc(NC(=O)Nc2ccccc2)s1. The molecule has 0 aliphatic heterocycles. The van der Waals surface area contributed by atoms with Gasteiger partial charge < -0.3 is 10.1 Å². The van der Waals surface area contributed by atoms with Crippen molar-refractivity contribution in [3.63, 3.8) is 0 Å². The number of anilines is 2. The molecule has 0 radical (unpaired) electrons. The van der Waals surface area contributed by atoms with E-state index in [-0.39, 0.29) is 12.3 Å². The van der Waals surface area contributed by atoms with Crippen LogP contribution in [0.15, 0.2) is 59.7 Å². The minimum atomic E-state index is -0.440. The number of hydrazone groups is 1. The summed E-state index contributed by atoms with van der Waals surface area (Å²) in [4.78, 5) is 24.0. The largest absolute Gasteiger partial charge is 0.496 e. The lowest BCUT2D eigenvalue weighted by Crippen LogP contribution is -2.19. The van der Waals surface area contributed by atoms with E-state index in [9.17, 15) is 9.59 Å². The van der Waals surface area contributed by atoms with Crippen molar-refractivity contribution in [3.8, 4) is 5.75 Å². The number of carbonyl (C=O) groups is 2. The number of rotatable bonds is 7. The first kappa shape index (κ1) is 20.0. The van der Waals surface area contributed by atoms with E-state index in [2.05, 4.69) is 31.4 Å². The first-order valence-electron chi connectivity index (χ1n) is 8.54. The molecule has 148 valence electrons. The summed E-state index contributed by atoms with van der Waals surface area (Å²) in [5.41, 5.74) is 3.82. The van der Waals surface area contributed by atoms with Gasteiger partial charge >= 0.3 is 6.03 Å². The highest BCUT2D eigenvalue weighted by Crippen LogP contribution is 2.17. The van der Waals surface area contributed by atoms with Crippen molar-refractivity contribution in [1.82, 2.24) is 15.6 Å². The Morgan fingerprint density at radius 2 is 1.83 bits per heavy atom. The molecule has 0 saturated heterocycles. The van der Waals surface area contributed by atoms with E-state index in [0.717, 1.165) is 16.9 Å². The van der Waals surface area contributed by atoms with Crippen molar-refractivity contribution in [3.05, 3.63) is 65.2 Å². The van der Waals surface area contributed by atoms with Crippen molar-refractivity contribution in [2.45, 2.75) is 6.42 Å². The number of hydrogen-bond acceptors (Lipinski definition) is 7. The molecular formula is C19H18N6O3S. The van der Waals surface area contributed by atoms with Gasteiger partial charge in [0.05, 0.1) is 19.7 Å². The Labute approximate surface area is 170 Å². The lowest BCUT2D eigenvalue weighted by Gasteiger charge is -2.04. The fourth-order valence-electron chi connectivity index (χ4n) is 2.28. The molecule has 0 aliphatic rings. The Balaban J connectivity index is 1.48. The second-order valence-corrected chi connectivity index (χ2v) is 6.72. The van der Waals surface area contributed by atoms with Gasteiger partial charge in [-0.05, 0) is 24.3 Å². The van der Waals surface area contributed by atoms with E-state index in [1.807, 2.05) is 36.4 Å². The Morgan fingerprint density at radius 1 is 1.07 bits per heavy atom. The van der Waals surface area contributed by atoms with Crippen LogP contribution in [0.5, 0.6) is 5.75 Å². The zero-order valence-electron chi connectivity index (χ0n) is 15.5. The summed E-state index contributed by atoms with van der Waals surface area (Å²) in [6.45, 7) is 0. The van der Waals surface area contributed by atoms with Crippen LogP contribution >= 0.6 is 11.3 Å². The van der Waals surface area contributed by atoms with E-state index >= 15 is 0 Å². The molecule has 0 unspecified atom stereocenters. The van der Waals surface area contributed by atoms with Gasteiger partial charge in [-0.15, -0.1) is 10.2 Å². The van der Waals surface area contributed by atoms with Crippen LogP contribution in [0.3, 0.4) is 0 Å². The maximum atomic E-state index is 12.0. The van der Waals surface area contributed by atoms with Crippen molar-refractivity contribution >= 4 is 40.3 Å². The molecule has 0 bridgehead atoms. The number of aromatic nitrogens is 2. The normalized spacial score (nSPS) is 10.5. The third kappa shape index (κ3) is 6.11. The Kier molecular flexibility index (Phi) is 6.85. The molecule has 9 nitrogen and oxygen atoms in total. The fraction of sp³-hybridized carbons (Fsp3) is 0.105. The van der Waals surface area contributed by atoms with Crippen molar-refractivity contribution < 1.29 is 14.3 Å². The van der Waals surface area contributed by atoms with Gasteiger partial charge in [-0.1, -0.05) is 41.7 Å². The molecule has 10 heteroatoms. The summed E-state index contributed by atoms with van der Waals surface area (Å²) in [6, 6.07) is 15.9. The summed E-state index contributed by atoms with van der Waals surface area (Å²) in [7, 11) is 1.56. The predicted octanol–water partition coefficient (Wildman–Crippen LogP) is 2.88. The third-order valence-corrected chi connectivity index (χ3v) is 4.40. The van der Waals surface area contributed by atoms with Gasteiger partial charge in [0.25, 0.3) is 0 Å². The van der Waals surface area contributed by atoms with Gasteiger partial charge in [0.1, 0.15) is 10.8 Å². The number of para-hydroxylation sites is 2. The average Bonchev–Trinajstić information content (AvgIpc) is 3.15. The second-order valence-electron chi connectivity index (χ2n) is 5.66. The van der Waals surface area contributed by atoms with Crippen LogP contribution < -0.4 is 20.8 Å². The number of ether oxygens (including phenoxy) is 1. The van der Waals surface area contributed by atoms with Crippen LogP contribution in [0, 0.1) is 0 Å². The molecule has 3 N–H and O–H groups in total. The number of benzene rings is 2. The summed E-state index contributed by atoms with van der Waals surface area (Å²) in [5.74, 6) is 0.298. The monoisotopic (exact) mass is 410 g/mol. The molecule has 3 rings (SSSR count). The zero-order valence-corrected chi connectivity index (χ0v) is 16.3. The topological polar surface area (TPSA) is 118 Å². The van der Waals surface area contributed by atoms with Crippen LogP contribution in [-0.4, -0.2) is 35.5 Å². The highest BCUT2D eigenvalue weighted by molar-refractivity contribution is 7.15. The summed E-state index contributed by atoms with van der Waals surface area (Å²) in [6.07, 6.45) is 1.49. The summed E-state index contributed by atoms with van der Waals surface area (Å²) >= 11 is 1.11. The van der Waals surface area contributed by atoms with Crippen LogP contribution in [0.25, 0.3) is 0 Å². The number of carbonyl (C=O) groups excluding carboxylic acids is 2. The standard InChI is InChI=1S/C19H18N6O3S/c1-28-15-10-6-5-7-13(15)12-20-23-16(26)11-17-24-25-19(29-17)22-18(27)21-14-8-3-2-4-9-14/h2-10,12H,11H2,1H3,(H,23,26)(H2,21,22,25,27)/b20-12-. The van der Waals surface area contributed by atoms with Crippen LogP contribution in [-0.2, 0) is 11.2 Å². The van der Waals surface area contributed by atoms with Gasteiger partial charge in [-0.25, -0.2) is 10.2 Å². The van der Waals surface area contributed by atoms with Crippen LogP contribution in [0.1, 0.15) is 10.6 Å². The Hall–Kier alpha value is -3.79. The van der Waals surface area contributed by atoms with E-state index in [4.69, 9.17) is 4.74 Å². The van der Waals surface area contributed by atoms with Gasteiger partial charge in [0, 0.05) is 11.3 Å². The molecule has 0 saturated carbocycles. The number of methoxy groups -OCH3 is 1. The molecule has 2 aromatic carbocycles. The molecular weight excluding hydrogens is 392 g/mol. The highest BCUT2D eigenvalue weighted by atomic mass is 32.1. The van der Waals surface area contributed by atoms with Crippen LogP contribution in [0.2, 0.25) is 0 Å². The average molecular weight is 410 g/mol. The molecule has 0 spiro atoms. The number of nitrogens with zero attached hydrogens (tertiary/aromatic N) is 3. The van der Waals surface area contributed by atoms with Crippen molar-refractivity contribution in [1.29, 1.82) is 0 Å². The zero-order chi connectivity index (χ0) is 20.5. The second kappa shape index (κ2) is 9.95. The van der Waals surface area contributed by atoms with Gasteiger partial charge in [-0.2, -0.15) is 5.10 Å². The smallest absolute Gasteiger partial charge is 0.325 e. The van der Waals surface area contributed by atoms with Crippen molar-refractivity contribution in [2.24, 2.45) is 5.10 Å². The first-order valence-corrected chi connectivity index (χ1v) is 9.36. The summed E-state index contributed by atoms with van der Waals surface area (Å²) in [5, 5.41) is 17.7. The van der Waals surface area contributed by atoms with E-state index in [1.165, 1.54) is 6.21 Å². The molecule has 0 atom stereocenters. The molecule has 1 aromatic heterocycles. The first-order chi connectivity index (χ1) is 14.1. The minimum absolute atomic E-state index is 0.0110. The lowest BCUT2D eigenvalue weighted by molar-refractivity contribution is -0.120. The number of urea groups is 1. The third-order valence-electron chi connectivity index (χ3n) is 3.56. The molecule has 29 heavy (non-hydrogen) atoms. The lowest BCUT2D eigenvalue weighted by atomic mass is 10.2. The van der Waals surface area contributed by atoms with E-state index in [0.29, 0.717) is 21.6 Å². The predicted molar refractivity (Wildman–Crippen MR) is 111 cm³/mol. The van der Waals surface area contributed by atoms with Gasteiger partial charge in [0.15, 0.2) is 0 Å². The minimum Gasteiger partial charge on any atom is -0.496 e. The summed E-state index contributed by atoms with van der Waals surface area (Å²) < 4.78 is 5.21. The molecule has 3 amide bonds. The maximum Gasteiger partial charge on any atom is 0.325 e. The number of nitrogens with one attached hydrogen (secondary N) is 3. The van der Waals surface area contributed by atoms with E-state index in [1.54, 1.807) is 25.3 Å².